The molecule has 332 valence electrons. The fourth-order valence-corrected chi connectivity index (χ4v) is 7.55. The summed E-state index contributed by atoms with van der Waals surface area (Å²) in [5, 5.41) is 0. The SMILES string of the molecule is CCCCCCCC/C=C/CCCCCCCCCC(=O)OC[C@H](COP(=O)(O)O)OC(=O)CCCCCCCCCCCCCCCCCCCCCCC. The van der Waals surface area contributed by atoms with Gasteiger partial charge in [0.15, 0.2) is 6.10 Å². The van der Waals surface area contributed by atoms with Crippen LogP contribution in [0.5, 0.6) is 0 Å². The van der Waals surface area contributed by atoms with Gasteiger partial charge in [-0.15, -0.1) is 0 Å². The predicted octanol–water partition coefficient (Wildman–Crippen LogP) is 15.0. The quantitative estimate of drug-likeness (QED) is 0.0270. The second kappa shape index (κ2) is 43.4. The molecule has 56 heavy (non-hydrogen) atoms. The fraction of sp³-hybridized carbons (Fsp3) is 0.915. The number of phosphoric ester groups is 1. The van der Waals surface area contributed by atoms with Crippen LogP contribution in [0.3, 0.4) is 0 Å². The van der Waals surface area contributed by atoms with Gasteiger partial charge in [0.05, 0.1) is 6.61 Å². The average molecular weight is 815 g/mol. The highest BCUT2D eigenvalue weighted by molar-refractivity contribution is 7.46. The molecule has 9 heteroatoms. The molecule has 0 amide bonds. The van der Waals surface area contributed by atoms with Crippen LogP contribution in [0.2, 0.25) is 0 Å². The zero-order valence-electron chi connectivity index (χ0n) is 36.8. The molecular formula is C47H91O8P. The molecule has 0 aliphatic carbocycles. The maximum Gasteiger partial charge on any atom is 0.469 e. The van der Waals surface area contributed by atoms with Crippen molar-refractivity contribution in [1.82, 2.24) is 0 Å². The van der Waals surface area contributed by atoms with E-state index in [1.807, 2.05) is 0 Å². The molecule has 0 aromatic carbocycles. The molecule has 0 rings (SSSR count). The van der Waals surface area contributed by atoms with Crippen molar-refractivity contribution in [2.75, 3.05) is 13.2 Å². The van der Waals surface area contributed by atoms with Crippen LogP contribution in [0.1, 0.15) is 258 Å². The number of phosphoric acid groups is 1. The van der Waals surface area contributed by atoms with Gasteiger partial charge in [-0.1, -0.05) is 219 Å². The Labute approximate surface area is 346 Å². The predicted molar refractivity (Wildman–Crippen MR) is 235 cm³/mol. The molecule has 1 atom stereocenters. The van der Waals surface area contributed by atoms with E-state index in [4.69, 9.17) is 19.3 Å². The van der Waals surface area contributed by atoms with Gasteiger partial charge in [-0.2, -0.15) is 0 Å². The molecule has 0 unspecified atom stereocenters. The minimum Gasteiger partial charge on any atom is -0.462 e. The van der Waals surface area contributed by atoms with Crippen molar-refractivity contribution in [3.05, 3.63) is 12.2 Å². The Kier molecular flexibility index (Phi) is 42.4. The molecule has 2 N–H and O–H groups in total. The Morgan fingerprint density at radius 3 is 1.09 bits per heavy atom. The van der Waals surface area contributed by atoms with Crippen LogP contribution in [0, 0.1) is 0 Å². The fourth-order valence-electron chi connectivity index (χ4n) is 7.19. The van der Waals surface area contributed by atoms with Gasteiger partial charge in [0.2, 0.25) is 0 Å². The molecule has 0 aromatic heterocycles. The molecule has 0 heterocycles. The van der Waals surface area contributed by atoms with Crippen molar-refractivity contribution in [1.29, 1.82) is 0 Å². The van der Waals surface area contributed by atoms with Crippen LogP contribution < -0.4 is 0 Å². The van der Waals surface area contributed by atoms with Gasteiger partial charge in [-0.3, -0.25) is 14.1 Å². The van der Waals surface area contributed by atoms with Crippen molar-refractivity contribution in [2.24, 2.45) is 0 Å². The van der Waals surface area contributed by atoms with E-state index >= 15 is 0 Å². The number of ether oxygens (including phenoxy) is 2. The van der Waals surface area contributed by atoms with E-state index in [1.165, 1.54) is 180 Å². The number of hydrogen-bond donors (Lipinski definition) is 2. The van der Waals surface area contributed by atoms with E-state index < -0.39 is 32.5 Å². The van der Waals surface area contributed by atoms with Crippen molar-refractivity contribution in [2.45, 2.75) is 264 Å². The van der Waals surface area contributed by atoms with E-state index in [1.54, 1.807) is 0 Å². The monoisotopic (exact) mass is 815 g/mol. The van der Waals surface area contributed by atoms with Crippen LogP contribution in [0.25, 0.3) is 0 Å². The third-order valence-electron chi connectivity index (χ3n) is 10.8. The first-order chi connectivity index (χ1) is 27.3. The third-order valence-corrected chi connectivity index (χ3v) is 11.3. The highest BCUT2D eigenvalue weighted by atomic mass is 31.2. The first kappa shape index (κ1) is 54.8. The van der Waals surface area contributed by atoms with Crippen LogP contribution in [0.15, 0.2) is 12.2 Å². The molecular weight excluding hydrogens is 723 g/mol. The minimum absolute atomic E-state index is 0.218. The normalized spacial score (nSPS) is 12.4. The summed E-state index contributed by atoms with van der Waals surface area (Å²) < 4.78 is 26.5. The molecule has 0 aliphatic heterocycles. The highest BCUT2D eigenvalue weighted by Crippen LogP contribution is 2.36. The summed E-state index contributed by atoms with van der Waals surface area (Å²) in [7, 11) is -4.75. The first-order valence-corrected chi connectivity index (χ1v) is 25.5. The summed E-state index contributed by atoms with van der Waals surface area (Å²) in [6, 6.07) is 0. The summed E-state index contributed by atoms with van der Waals surface area (Å²) in [6.45, 7) is 3.72. The smallest absolute Gasteiger partial charge is 0.462 e. The Morgan fingerprint density at radius 1 is 0.446 bits per heavy atom. The molecule has 0 fully saturated rings. The van der Waals surface area contributed by atoms with Gasteiger partial charge in [-0.25, -0.2) is 4.57 Å². The summed E-state index contributed by atoms with van der Waals surface area (Å²) >= 11 is 0. The molecule has 0 saturated carbocycles. The number of carbonyl (C=O) groups is 2. The summed E-state index contributed by atoms with van der Waals surface area (Å²) in [5.41, 5.74) is 0. The number of unbranched alkanes of at least 4 members (excludes halogenated alkanes) is 33. The zero-order valence-corrected chi connectivity index (χ0v) is 37.7. The van der Waals surface area contributed by atoms with E-state index in [2.05, 4.69) is 30.5 Å². The standard InChI is InChI=1S/C47H91O8P/c1-3-5-7-9-11-13-15-17-19-21-22-23-24-26-28-30-32-34-36-38-40-42-47(49)55-45(44-54-56(50,51)52)43-53-46(48)41-39-37-35-33-31-29-27-25-20-18-16-14-12-10-8-6-4-2/h18,20,45H,3-17,19,21-44H2,1-2H3,(H2,50,51,52)/b20-18+/t45-/m1/s1. The van der Waals surface area contributed by atoms with E-state index in [0.717, 1.165) is 44.9 Å². The number of carbonyl (C=O) groups excluding carboxylic acids is 2. The summed E-state index contributed by atoms with van der Waals surface area (Å²) in [4.78, 5) is 43.0. The lowest BCUT2D eigenvalue weighted by molar-refractivity contribution is -0.161. The van der Waals surface area contributed by atoms with E-state index in [9.17, 15) is 14.2 Å². The van der Waals surface area contributed by atoms with Gasteiger partial charge >= 0.3 is 19.8 Å². The van der Waals surface area contributed by atoms with Crippen LogP contribution in [-0.2, 0) is 28.2 Å². The van der Waals surface area contributed by atoms with Crippen LogP contribution >= 0.6 is 7.82 Å². The lowest BCUT2D eigenvalue weighted by atomic mass is 10.0. The van der Waals surface area contributed by atoms with Gasteiger partial charge in [0.1, 0.15) is 6.61 Å². The molecule has 8 nitrogen and oxygen atoms in total. The van der Waals surface area contributed by atoms with Gasteiger partial charge < -0.3 is 19.3 Å². The Bertz CT molecular complexity index is 920. The maximum absolute atomic E-state index is 12.5. The van der Waals surface area contributed by atoms with Crippen molar-refractivity contribution < 1.29 is 37.9 Å². The Hall–Kier alpha value is -1.21. The van der Waals surface area contributed by atoms with Crippen molar-refractivity contribution in [3.8, 4) is 0 Å². The zero-order chi connectivity index (χ0) is 41.1. The Morgan fingerprint density at radius 2 is 0.750 bits per heavy atom. The number of rotatable bonds is 45. The summed E-state index contributed by atoms with van der Waals surface area (Å²) in [5.74, 6) is -0.873. The number of hydrogen-bond acceptors (Lipinski definition) is 6. The molecule has 0 bridgehead atoms. The second-order valence-corrected chi connectivity index (χ2v) is 17.7. The second-order valence-electron chi connectivity index (χ2n) is 16.4. The largest absolute Gasteiger partial charge is 0.469 e. The van der Waals surface area contributed by atoms with Crippen LogP contribution in [0.4, 0.5) is 0 Å². The summed E-state index contributed by atoms with van der Waals surface area (Å²) in [6.07, 6.45) is 49.4. The molecule has 0 radical (unpaired) electrons. The maximum atomic E-state index is 12.5. The minimum atomic E-state index is -4.75. The third kappa shape index (κ3) is 45.5. The van der Waals surface area contributed by atoms with Crippen molar-refractivity contribution >= 4 is 19.8 Å². The van der Waals surface area contributed by atoms with Crippen LogP contribution in [-0.4, -0.2) is 41.0 Å². The molecule has 0 spiro atoms. The first-order valence-electron chi connectivity index (χ1n) is 24.0. The lowest BCUT2D eigenvalue weighted by Crippen LogP contribution is -2.29. The average Bonchev–Trinajstić information content (AvgIpc) is 3.17. The van der Waals surface area contributed by atoms with Gasteiger partial charge in [0, 0.05) is 12.8 Å². The number of allylic oxidation sites excluding steroid dienone is 2. The molecule has 0 aliphatic rings. The van der Waals surface area contributed by atoms with E-state index in [0.29, 0.717) is 6.42 Å². The number of esters is 2. The molecule has 0 aromatic rings. The highest BCUT2D eigenvalue weighted by Gasteiger charge is 2.23. The van der Waals surface area contributed by atoms with Crippen molar-refractivity contribution in [3.63, 3.8) is 0 Å². The topological polar surface area (TPSA) is 119 Å². The lowest BCUT2D eigenvalue weighted by Gasteiger charge is -2.18. The molecule has 0 saturated heterocycles. The van der Waals surface area contributed by atoms with Gasteiger partial charge in [0.25, 0.3) is 0 Å². The van der Waals surface area contributed by atoms with Gasteiger partial charge in [-0.05, 0) is 38.5 Å². The Balaban J connectivity index is 3.81. The van der Waals surface area contributed by atoms with E-state index in [-0.39, 0.29) is 19.4 Å².